The van der Waals surface area contributed by atoms with Gasteiger partial charge in [0, 0.05) is 32.9 Å². The molecule has 0 bridgehead atoms. The van der Waals surface area contributed by atoms with Crippen LogP contribution in [0.5, 0.6) is 0 Å². The van der Waals surface area contributed by atoms with E-state index < -0.39 is 0 Å². The lowest BCUT2D eigenvalue weighted by Gasteiger charge is -2.14. The average molecular weight is 511 g/mol. The van der Waals surface area contributed by atoms with Crippen molar-refractivity contribution < 1.29 is 0 Å². The summed E-state index contributed by atoms with van der Waals surface area (Å²) >= 11 is 0. The van der Waals surface area contributed by atoms with Crippen LogP contribution in [-0.4, -0.2) is 9.13 Å². The lowest BCUT2D eigenvalue weighted by atomic mass is 10.0. The summed E-state index contributed by atoms with van der Waals surface area (Å²) in [6.07, 6.45) is 0.984. The van der Waals surface area contributed by atoms with Crippen LogP contribution < -0.4 is 0 Å². The topological polar surface area (TPSA) is 9.86 Å². The summed E-state index contributed by atoms with van der Waals surface area (Å²) < 4.78 is 4.86. The molecule has 1 aliphatic carbocycles. The molecule has 6 aromatic carbocycles. The van der Waals surface area contributed by atoms with Crippen LogP contribution in [0.4, 0.5) is 0 Å². The molecule has 0 amide bonds. The van der Waals surface area contributed by atoms with Gasteiger partial charge in [-0.25, -0.2) is 0 Å². The van der Waals surface area contributed by atoms with Crippen LogP contribution in [0.3, 0.4) is 0 Å². The number of aromatic nitrogens is 2. The van der Waals surface area contributed by atoms with E-state index in [-0.39, 0.29) is 0 Å². The summed E-state index contributed by atoms with van der Waals surface area (Å²) in [7, 11) is 0. The molecule has 0 aliphatic heterocycles. The Morgan fingerprint density at radius 2 is 0.900 bits per heavy atom. The van der Waals surface area contributed by atoms with Gasteiger partial charge in [0.15, 0.2) is 0 Å². The fraction of sp³-hybridized carbons (Fsp3) is 0.0526. The molecule has 0 fully saturated rings. The average Bonchev–Trinajstić information content (AvgIpc) is 3.65. The van der Waals surface area contributed by atoms with E-state index in [1.807, 2.05) is 0 Å². The Morgan fingerprint density at radius 1 is 0.450 bits per heavy atom. The maximum Gasteiger partial charge on any atom is 0.0541 e. The molecule has 2 heteroatoms. The SMILES string of the molecule is Cc1cc(-n2c3ccccc3c3ccccc32)cc2c1Cc1ccc(-n3c4ccccc4c4ccccc43)cc1-2. The first-order valence-electron chi connectivity index (χ1n) is 14.0. The van der Waals surface area contributed by atoms with Gasteiger partial charge < -0.3 is 9.13 Å². The molecular weight excluding hydrogens is 484 g/mol. The molecule has 0 saturated carbocycles. The van der Waals surface area contributed by atoms with Crippen LogP contribution in [0.25, 0.3) is 66.1 Å². The molecule has 0 spiro atoms. The van der Waals surface area contributed by atoms with Crippen molar-refractivity contribution in [2.24, 2.45) is 0 Å². The first-order chi connectivity index (χ1) is 19.8. The molecule has 0 N–H and O–H groups in total. The first-order valence-corrected chi connectivity index (χ1v) is 14.0. The van der Waals surface area contributed by atoms with Crippen molar-refractivity contribution >= 4 is 43.6 Å². The minimum Gasteiger partial charge on any atom is -0.309 e. The number of aryl methyl sites for hydroxylation is 1. The van der Waals surface area contributed by atoms with Gasteiger partial charge in [0.2, 0.25) is 0 Å². The summed E-state index contributed by atoms with van der Waals surface area (Å²) in [5, 5.41) is 5.18. The van der Waals surface area contributed by atoms with Gasteiger partial charge >= 0.3 is 0 Å². The molecule has 0 saturated heterocycles. The van der Waals surface area contributed by atoms with Crippen molar-refractivity contribution in [2.45, 2.75) is 13.3 Å². The van der Waals surface area contributed by atoms with Gasteiger partial charge in [-0.1, -0.05) is 78.9 Å². The number of rotatable bonds is 2. The zero-order chi connectivity index (χ0) is 26.4. The predicted molar refractivity (Wildman–Crippen MR) is 168 cm³/mol. The molecule has 1 aliphatic rings. The van der Waals surface area contributed by atoms with Gasteiger partial charge in [-0.3, -0.25) is 0 Å². The summed E-state index contributed by atoms with van der Waals surface area (Å²) in [4.78, 5) is 0. The maximum absolute atomic E-state index is 2.44. The Hall–Kier alpha value is -5.08. The maximum atomic E-state index is 2.44. The van der Waals surface area contributed by atoms with Gasteiger partial charge in [0.1, 0.15) is 0 Å². The van der Waals surface area contributed by atoms with Gasteiger partial charge in [0.05, 0.1) is 22.1 Å². The quantitative estimate of drug-likeness (QED) is 0.219. The zero-order valence-electron chi connectivity index (χ0n) is 22.2. The highest BCUT2D eigenvalue weighted by Crippen LogP contribution is 2.43. The molecule has 188 valence electrons. The van der Waals surface area contributed by atoms with Crippen LogP contribution in [-0.2, 0) is 6.42 Å². The van der Waals surface area contributed by atoms with Gasteiger partial charge in [0.25, 0.3) is 0 Å². The van der Waals surface area contributed by atoms with E-state index in [0.717, 1.165) is 6.42 Å². The van der Waals surface area contributed by atoms with Crippen LogP contribution in [0.2, 0.25) is 0 Å². The lowest BCUT2D eigenvalue weighted by Crippen LogP contribution is -1.97. The Bertz CT molecular complexity index is 2200. The van der Waals surface area contributed by atoms with Crippen LogP contribution in [0.1, 0.15) is 16.7 Å². The summed E-state index contributed by atoms with van der Waals surface area (Å²) in [6.45, 7) is 2.27. The first kappa shape index (κ1) is 21.8. The molecule has 40 heavy (non-hydrogen) atoms. The minimum atomic E-state index is 0.984. The van der Waals surface area contributed by atoms with E-state index in [4.69, 9.17) is 0 Å². The van der Waals surface area contributed by atoms with Crippen molar-refractivity contribution in [2.75, 3.05) is 0 Å². The van der Waals surface area contributed by atoms with Crippen molar-refractivity contribution in [1.29, 1.82) is 0 Å². The van der Waals surface area contributed by atoms with Gasteiger partial charge in [-0.2, -0.15) is 0 Å². The molecular formula is C38H26N2. The second-order valence-electron chi connectivity index (χ2n) is 11.0. The number of hydrogen-bond acceptors (Lipinski definition) is 0. The van der Waals surface area contributed by atoms with E-state index in [1.165, 1.54) is 82.8 Å². The van der Waals surface area contributed by atoms with E-state index >= 15 is 0 Å². The Labute approximate surface area is 232 Å². The Balaban J connectivity index is 1.29. The smallest absolute Gasteiger partial charge is 0.0541 e. The van der Waals surface area contributed by atoms with Crippen LogP contribution >= 0.6 is 0 Å². The standard InChI is InChI=1S/C38H26N2/c1-24-20-27(40-37-16-8-4-12-30(37)31-13-5-9-17-38(31)40)23-34-32(24)21-25-18-19-26(22-33(25)34)39-35-14-6-2-10-28(35)29-11-3-7-15-36(29)39/h2-20,22-23H,21H2,1H3. The second kappa shape index (κ2) is 7.97. The fourth-order valence-electron chi connectivity index (χ4n) is 7.10. The summed E-state index contributed by atoms with van der Waals surface area (Å²) in [6, 6.07) is 46.9. The van der Waals surface area contributed by atoms with Crippen LogP contribution in [0, 0.1) is 6.92 Å². The third kappa shape index (κ3) is 2.88. The second-order valence-corrected chi connectivity index (χ2v) is 11.0. The summed E-state index contributed by atoms with van der Waals surface area (Å²) in [5.74, 6) is 0. The molecule has 8 aromatic rings. The monoisotopic (exact) mass is 510 g/mol. The Morgan fingerprint density at radius 3 is 1.43 bits per heavy atom. The third-order valence-electron chi connectivity index (χ3n) is 8.89. The Kier molecular flexibility index (Phi) is 4.34. The molecule has 0 radical (unpaired) electrons. The molecule has 0 atom stereocenters. The predicted octanol–water partition coefficient (Wildman–Crippen LogP) is 9.76. The third-order valence-corrected chi connectivity index (χ3v) is 8.89. The highest BCUT2D eigenvalue weighted by molar-refractivity contribution is 6.10. The van der Waals surface area contributed by atoms with Gasteiger partial charge in [-0.15, -0.1) is 0 Å². The van der Waals surface area contributed by atoms with Crippen molar-refractivity contribution in [3.05, 3.63) is 144 Å². The molecule has 0 unspecified atom stereocenters. The number of hydrogen-bond donors (Lipinski definition) is 0. The van der Waals surface area contributed by atoms with Gasteiger partial charge in [-0.05, 0) is 89.7 Å². The normalized spacial score (nSPS) is 12.5. The van der Waals surface area contributed by atoms with Crippen LogP contribution in [0.15, 0.2) is 127 Å². The highest BCUT2D eigenvalue weighted by atomic mass is 15.0. The van der Waals surface area contributed by atoms with E-state index in [1.54, 1.807) is 0 Å². The zero-order valence-corrected chi connectivity index (χ0v) is 22.2. The number of benzene rings is 6. The van der Waals surface area contributed by atoms with E-state index in [2.05, 4.69) is 143 Å². The van der Waals surface area contributed by atoms with E-state index in [9.17, 15) is 0 Å². The minimum absolute atomic E-state index is 0.984. The highest BCUT2D eigenvalue weighted by Gasteiger charge is 2.24. The molecule has 2 heterocycles. The number of para-hydroxylation sites is 4. The molecule has 2 aromatic heterocycles. The van der Waals surface area contributed by atoms with Crippen molar-refractivity contribution in [3.8, 4) is 22.5 Å². The molecule has 2 nitrogen and oxygen atoms in total. The van der Waals surface area contributed by atoms with Crippen molar-refractivity contribution in [1.82, 2.24) is 9.13 Å². The molecule has 9 rings (SSSR count). The largest absolute Gasteiger partial charge is 0.309 e. The van der Waals surface area contributed by atoms with Crippen molar-refractivity contribution in [3.63, 3.8) is 0 Å². The van der Waals surface area contributed by atoms with E-state index in [0.29, 0.717) is 0 Å². The lowest BCUT2D eigenvalue weighted by molar-refractivity contribution is 1.15. The number of nitrogens with zero attached hydrogens (tertiary/aromatic N) is 2. The summed E-state index contributed by atoms with van der Waals surface area (Å²) in [5.41, 5.74) is 14.3. The number of fused-ring (bicyclic) bond motifs is 9. The fourth-order valence-corrected chi connectivity index (χ4v) is 7.10.